The van der Waals surface area contributed by atoms with Crippen LogP contribution in [-0.2, 0) is 11.2 Å². The van der Waals surface area contributed by atoms with E-state index in [1.807, 2.05) is 0 Å². The number of amides is 2. The van der Waals surface area contributed by atoms with Crippen LogP contribution in [0.25, 0.3) is 0 Å². The standard InChI is InChI=1S/C11H17N5O4/c17-7-4-8(10(18)19)16(5-7)11(20)12-3-1-2-9-13-6-14-15-9/h6-8,17H,1-5H2,(H,12,20)(H,18,19)(H,13,14,15)/t7-,8+/m1/s1. The average molecular weight is 283 g/mol. The molecule has 110 valence electrons. The summed E-state index contributed by atoms with van der Waals surface area (Å²) in [7, 11) is 0. The van der Waals surface area contributed by atoms with E-state index in [1.54, 1.807) is 0 Å². The van der Waals surface area contributed by atoms with Crippen molar-refractivity contribution in [3.63, 3.8) is 0 Å². The lowest BCUT2D eigenvalue weighted by Crippen LogP contribution is -2.46. The van der Waals surface area contributed by atoms with E-state index < -0.39 is 24.1 Å². The van der Waals surface area contributed by atoms with E-state index in [2.05, 4.69) is 20.5 Å². The number of carboxylic acids is 1. The SMILES string of the molecule is O=C(O)[C@@H]1C[C@@H](O)CN1C(=O)NCCCc1ncn[nH]1. The van der Waals surface area contributed by atoms with Gasteiger partial charge in [-0.15, -0.1) is 0 Å². The second-order valence-corrected chi connectivity index (χ2v) is 4.66. The molecule has 4 N–H and O–H groups in total. The first kappa shape index (κ1) is 14.3. The lowest BCUT2D eigenvalue weighted by molar-refractivity contribution is -0.141. The highest BCUT2D eigenvalue weighted by molar-refractivity contribution is 5.83. The number of aryl methyl sites for hydroxylation is 1. The number of aromatic amines is 1. The number of nitrogens with one attached hydrogen (secondary N) is 2. The van der Waals surface area contributed by atoms with Crippen LogP contribution in [0.3, 0.4) is 0 Å². The molecule has 9 nitrogen and oxygen atoms in total. The third-order valence-corrected chi connectivity index (χ3v) is 3.16. The van der Waals surface area contributed by atoms with E-state index in [1.165, 1.54) is 6.33 Å². The van der Waals surface area contributed by atoms with Crippen LogP contribution in [0.15, 0.2) is 6.33 Å². The largest absolute Gasteiger partial charge is 0.480 e. The number of aliphatic hydroxyl groups is 1. The maximum Gasteiger partial charge on any atom is 0.326 e. The molecule has 0 radical (unpaired) electrons. The van der Waals surface area contributed by atoms with Gasteiger partial charge in [0.2, 0.25) is 0 Å². The predicted molar refractivity (Wildman–Crippen MR) is 66.9 cm³/mol. The minimum absolute atomic E-state index is 0.0465. The Morgan fingerprint density at radius 3 is 3.00 bits per heavy atom. The van der Waals surface area contributed by atoms with Crippen molar-refractivity contribution in [2.75, 3.05) is 13.1 Å². The molecule has 0 bridgehead atoms. The maximum atomic E-state index is 11.9. The van der Waals surface area contributed by atoms with Crippen LogP contribution in [0.2, 0.25) is 0 Å². The molecule has 0 saturated carbocycles. The molecular formula is C11H17N5O4. The maximum absolute atomic E-state index is 11.9. The van der Waals surface area contributed by atoms with Crippen molar-refractivity contribution in [3.8, 4) is 0 Å². The highest BCUT2D eigenvalue weighted by Crippen LogP contribution is 2.17. The molecule has 1 fully saturated rings. The van der Waals surface area contributed by atoms with E-state index in [4.69, 9.17) is 5.11 Å². The van der Waals surface area contributed by atoms with Gasteiger partial charge < -0.3 is 20.4 Å². The second kappa shape index (κ2) is 6.33. The highest BCUT2D eigenvalue weighted by atomic mass is 16.4. The van der Waals surface area contributed by atoms with Crippen LogP contribution in [0, 0.1) is 0 Å². The number of aromatic nitrogens is 3. The summed E-state index contributed by atoms with van der Waals surface area (Å²) >= 11 is 0. The van der Waals surface area contributed by atoms with Gasteiger partial charge in [-0.3, -0.25) is 5.10 Å². The molecule has 2 amide bonds. The number of aliphatic carboxylic acids is 1. The Morgan fingerprint density at radius 2 is 2.35 bits per heavy atom. The molecular weight excluding hydrogens is 266 g/mol. The van der Waals surface area contributed by atoms with Gasteiger partial charge in [-0.05, 0) is 6.42 Å². The van der Waals surface area contributed by atoms with Crippen molar-refractivity contribution in [3.05, 3.63) is 12.2 Å². The van der Waals surface area contributed by atoms with Crippen LogP contribution in [-0.4, -0.2) is 67.5 Å². The number of nitrogens with zero attached hydrogens (tertiary/aromatic N) is 3. The van der Waals surface area contributed by atoms with Crippen molar-refractivity contribution >= 4 is 12.0 Å². The fourth-order valence-electron chi connectivity index (χ4n) is 2.18. The number of β-amino-alcohol motifs (C(OH)–C–C–N with tert-alkyl or cyclic N) is 1. The number of H-pyrrole nitrogens is 1. The molecule has 1 aliphatic rings. The van der Waals surface area contributed by atoms with Crippen molar-refractivity contribution in [1.29, 1.82) is 0 Å². The zero-order valence-electron chi connectivity index (χ0n) is 10.8. The molecule has 9 heteroatoms. The van der Waals surface area contributed by atoms with E-state index in [0.717, 1.165) is 10.7 Å². The zero-order chi connectivity index (χ0) is 14.5. The van der Waals surface area contributed by atoms with Crippen LogP contribution in [0.1, 0.15) is 18.7 Å². The molecule has 2 heterocycles. The minimum Gasteiger partial charge on any atom is -0.480 e. The van der Waals surface area contributed by atoms with Gasteiger partial charge in [-0.25, -0.2) is 14.6 Å². The van der Waals surface area contributed by atoms with E-state index in [0.29, 0.717) is 19.4 Å². The smallest absolute Gasteiger partial charge is 0.326 e. The first-order valence-corrected chi connectivity index (χ1v) is 6.37. The highest BCUT2D eigenvalue weighted by Gasteiger charge is 2.38. The van der Waals surface area contributed by atoms with Gasteiger partial charge in [0.1, 0.15) is 18.2 Å². The number of likely N-dealkylation sites (tertiary alicyclic amines) is 1. The number of hydrogen-bond donors (Lipinski definition) is 4. The summed E-state index contributed by atoms with van der Waals surface area (Å²) < 4.78 is 0. The first-order valence-electron chi connectivity index (χ1n) is 6.37. The number of carbonyl (C=O) groups excluding carboxylic acids is 1. The number of carbonyl (C=O) groups is 2. The molecule has 0 unspecified atom stereocenters. The molecule has 20 heavy (non-hydrogen) atoms. The topological polar surface area (TPSA) is 131 Å². The monoisotopic (exact) mass is 283 g/mol. The fourth-order valence-corrected chi connectivity index (χ4v) is 2.18. The Bertz CT molecular complexity index is 463. The van der Waals surface area contributed by atoms with Crippen LogP contribution < -0.4 is 5.32 Å². The van der Waals surface area contributed by atoms with Gasteiger partial charge >= 0.3 is 12.0 Å². The molecule has 2 atom stereocenters. The number of aliphatic hydroxyl groups excluding tert-OH is 1. The number of hydrogen-bond acceptors (Lipinski definition) is 5. The second-order valence-electron chi connectivity index (χ2n) is 4.66. The van der Waals surface area contributed by atoms with Gasteiger partial charge in [-0.2, -0.15) is 5.10 Å². The summed E-state index contributed by atoms with van der Waals surface area (Å²) in [6.45, 7) is 0.448. The fraction of sp³-hybridized carbons (Fsp3) is 0.636. The normalized spacial score (nSPS) is 21.9. The zero-order valence-corrected chi connectivity index (χ0v) is 10.8. The third-order valence-electron chi connectivity index (χ3n) is 3.16. The summed E-state index contributed by atoms with van der Waals surface area (Å²) in [5, 5.41) is 27.5. The van der Waals surface area contributed by atoms with Crippen LogP contribution in [0.4, 0.5) is 4.79 Å². The van der Waals surface area contributed by atoms with Gasteiger partial charge in [0.15, 0.2) is 0 Å². The lowest BCUT2D eigenvalue weighted by Gasteiger charge is -2.21. The van der Waals surface area contributed by atoms with Gasteiger partial charge in [0, 0.05) is 25.9 Å². The molecule has 1 aromatic rings. The van der Waals surface area contributed by atoms with Crippen molar-refractivity contribution in [2.45, 2.75) is 31.4 Å². The summed E-state index contributed by atoms with van der Waals surface area (Å²) in [5.41, 5.74) is 0. The van der Waals surface area contributed by atoms with Gasteiger partial charge in [0.05, 0.1) is 6.10 Å². The van der Waals surface area contributed by atoms with E-state index in [-0.39, 0.29) is 13.0 Å². The summed E-state index contributed by atoms with van der Waals surface area (Å²) in [4.78, 5) is 28.0. The summed E-state index contributed by atoms with van der Waals surface area (Å²) in [5.74, 6) is -0.363. The molecule has 0 aliphatic carbocycles. The van der Waals surface area contributed by atoms with Crippen molar-refractivity contribution < 1.29 is 19.8 Å². The lowest BCUT2D eigenvalue weighted by atomic mass is 10.2. The van der Waals surface area contributed by atoms with Crippen LogP contribution >= 0.6 is 0 Å². The molecule has 0 spiro atoms. The number of carboxylic acid groups (broad SMARTS) is 1. The summed E-state index contributed by atoms with van der Waals surface area (Å²) in [6, 6.07) is -1.43. The molecule has 1 saturated heterocycles. The average Bonchev–Trinajstić information content (AvgIpc) is 3.03. The minimum atomic E-state index is -1.10. The molecule has 1 aliphatic heterocycles. The molecule has 1 aromatic heterocycles. The Balaban J connectivity index is 1.75. The Kier molecular flexibility index (Phi) is 4.51. The predicted octanol–water partition coefficient (Wildman–Crippen LogP) is -1.03. The van der Waals surface area contributed by atoms with Gasteiger partial charge in [0.25, 0.3) is 0 Å². The third kappa shape index (κ3) is 3.44. The van der Waals surface area contributed by atoms with Crippen molar-refractivity contribution in [1.82, 2.24) is 25.4 Å². The summed E-state index contributed by atoms with van der Waals surface area (Å²) in [6.07, 6.45) is 2.01. The molecule has 2 rings (SSSR count). The van der Waals surface area contributed by atoms with E-state index >= 15 is 0 Å². The quantitative estimate of drug-likeness (QED) is 0.511. The first-order chi connectivity index (χ1) is 9.58. The molecule has 0 aromatic carbocycles. The Morgan fingerprint density at radius 1 is 1.55 bits per heavy atom. The van der Waals surface area contributed by atoms with Crippen LogP contribution in [0.5, 0.6) is 0 Å². The van der Waals surface area contributed by atoms with Gasteiger partial charge in [-0.1, -0.05) is 0 Å². The Labute approximate surface area is 115 Å². The number of rotatable bonds is 5. The van der Waals surface area contributed by atoms with Crippen molar-refractivity contribution in [2.24, 2.45) is 0 Å². The number of urea groups is 1. The Hall–Kier alpha value is -2.16. The van der Waals surface area contributed by atoms with E-state index in [9.17, 15) is 14.7 Å².